The van der Waals surface area contributed by atoms with Crippen molar-refractivity contribution in [1.82, 2.24) is 10.2 Å². The highest BCUT2D eigenvalue weighted by Crippen LogP contribution is 2.25. The summed E-state index contributed by atoms with van der Waals surface area (Å²) in [5.74, 6) is 0.933. The zero-order valence-electron chi connectivity index (χ0n) is 11.4. The largest absolute Gasteiger partial charge is 0.380 e. The van der Waals surface area contributed by atoms with Crippen LogP contribution in [0.4, 0.5) is 5.82 Å². The number of anilines is 1. The summed E-state index contributed by atoms with van der Waals surface area (Å²) >= 11 is 0. The normalized spacial score (nSPS) is 20.2. The first-order valence-corrected chi connectivity index (χ1v) is 6.48. The van der Waals surface area contributed by atoms with Gasteiger partial charge < -0.3 is 15.4 Å². The lowest BCUT2D eigenvalue weighted by atomic mass is 10.1. The van der Waals surface area contributed by atoms with Gasteiger partial charge in [-0.2, -0.15) is 5.10 Å². The smallest absolute Gasteiger partial charge is 0.156 e. The van der Waals surface area contributed by atoms with Crippen molar-refractivity contribution in [3.63, 3.8) is 0 Å². The van der Waals surface area contributed by atoms with Crippen LogP contribution in [0.2, 0.25) is 0 Å². The second kappa shape index (κ2) is 5.63. The average Bonchev–Trinajstić information content (AvgIpc) is 2.41. The average molecular weight is 250 g/mol. The molecule has 0 aliphatic carbocycles. The molecule has 1 fully saturated rings. The van der Waals surface area contributed by atoms with E-state index in [0.29, 0.717) is 6.54 Å². The van der Waals surface area contributed by atoms with Crippen molar-refractivity contribution >= 4 is 5.82 Å². The molecule has 18 heavy (non-hydrogen) atoms. The van der Waals surface area contributed by atoms with E-state index in [1.807, 2.05) is 6.92 Å². The standard InChI is InChI=1S/C13H22N4O/c1-9-10(2)15-16-13(12(9)7-14)17-6-4-5-11(8-17)18-3/h11H,4-8,14H2,1-3H3. The van der Waals surface area contributed by atoms with Crippen LogP contribution in [0.5, 0.6) is 0 Å². The number of ether oxygens (including phenoxy) is 1. The predicted octanol–water partition coefficient (Wildman–Crippen LogP) is 1.17. The summed E-state index contributed by atoms with van der Waals surface area (Å²) in [6.07, 6.45) is 2.52. The van der Waals surface area contributed by atoms with Crippen molar-refractivity contribution in [2.24, 2.45) is 5.73 Å². The number of piperidine rings is 1. The quantitative estimate of drug-likeness (QED) is 0.872. The summed E-state index contributed by atoms with van der Waals surface area (Å²) < 4.78 is 5.45. The van der Waals surface area contributed by atoms with Gasteiger partial charge in [0.05, 0.1) is 11.8 Å². The van der Waals surface area contributed by atoms with Crippen molar-refractivity contribution in [2.75, 3.05) is 25.1 Å². The van der Waals surface area contributed by atoms with E-state index in [-0.39, 0.29) is 6.10 Å². The molecule has 0 amide bonds. The number of aryl methyl sites for hydroxylation is 1. The summed E-state index contributed by atoms with van der Waals surface area (Å²) in [6, 6.07) is 0. The third-order valence-electron chi connectivity index (χ3n) is 3.78. The van der Waals surface area contributed by atoms with Gasteiger partial charge in [-0.15, -0.1) is 5.10 Å². The maximum absolute atomic E-state index is 5.87. The molecule has 1 saturated heterocycles. The summed E-state index contributed by atoms with van der Waals surface area (Å²) in [7, 11) is 1.77. The van der Waals surface area contributed by atoms with Crippen LogP contribution in [0.25, 0.3) is 0 Å². The molecule has 1 atom stereocenters. The Morgan fingerprint density at radius 3 is 2.83 bits per heavy atom. The van der Waals surface area contributed by atoms with Crippen LogP contribution in [0.1, 0.15) is 29.7 Å². The third-order valence-corrected chi connectivity index (χ3v) is 3.78. The molecule has 5 heteroatoms. The van der Waals surface area contributed by atoms with Crippen molar-refractivity contribution in [2.45, 2.75) is 39.3 Å². The van der Waals surface area contributed by atoms with Gasteiger partial charge in [-0.1, -0.05) is 0 Å². The fourth-order valence-electron chi connectivity index (χ4n) is 2.47. The molecule has 1 aliphatic rings. The fourth-order valence-corrected chi connectivity index (χ4v) is 2.47. The minimum absolute atomic E-state index is 0.285. The molecule has 0 spiro atoms. The molecule has 100 valence electrons. The van der Waals surface area contributed by atoms with Gasteiger partial charge in [0, 0.05) is 32.3 Å². The van der Waals surface area contributed by atoms with E-state index in [4.69, 9.17) is 10.5 Å². The Morgan fingerprint density at radius 1 is 1.39 bits per heavy atom. The van der Waals surface area contributed by atoms with E-state index < -0.39 is 0 Å². The molecule has 2 rings (SSSR count). The van der Waals surface area contributed by atoms with Crippen molar-refractivity contribution in [1.29, 1.82) is 0 Å². The second-order valence-corrected chi connectivity index (χ2v) is 4.86. The molecule has 1 unspecified atom stereocenters. The zero-order chi connectivity index (χ0) is 13.1. The fraction of sp³-hybridized carbons (Fsp3) is 0.692. The number of nitrogens with zero attached hydrogens (tertiary/aromatic N) is 3. The molecule has 2 heterocycles. The Kier molecular flexibility index (Phi) is 4.14. The number of hydrogen-bond donors (Lipinski definition) is 1. The maximum atomic E-state index is 5.87. The Hall–Kier alpha value is -1.20. The van der Waals surface area contributed by atoms with Gasteiger partial charge in [0.25, 0.3) is 0 Å². The summed E-state index contributed by atoms with van der Waals surface area (Å²) in [5.41, 5.74) is 9.09. The highest BCUT2D eigenvalue weighted by atomic mass is 16.5. The maximum Gasteiger partial charge on any atom is 0.156 e. The van der Waals surface area contributed by atoms with Crippen LogP contribution in [0.3, 0.4) is 0 Å². The number of hydrogen-bond acceptors (Lipinski definition) is 5. The molecular weight excluding hydrogens is 228 g/mol. The minimum atomic E-state index is 0.285. The zero-order valence-corrected chi connectivity index (χ0v) is 11.4. The number of nitrogens with two attached hydrogens (primary N) is 1. The van der Waals surface area contributed by atoms with Crippen LogP contribution in [0, 0.1) is 13.8 Å². The summed E-state index contributed by atoms with van der Waals surface area (Å²) in [5, 5.41) is 8.57. The topological polar surface area (TPSA) is 64.3 Å². The Morgan fingerprint density at radius 2 is 2.17 bits per heavy atom. The van der Waals surface area contributed by atoms with E-state index in [9.17, 15) is 0 Å². The molecule has 0 saturated carbocycles. The number of rotatable bonds is 3. The lowest BCUT2D eigenvalue weighted by Crippen LogP contribution is -2.40. The van der Waals surface area contributed by atoms with Crippen LogP contribution < -0.4 is 10.6 Å². The lowest BCUT2D eigenvalue weighted by Gasteiger charge is -2.33. The van der Waals surface area contributed by atoms with Crippen LogP contribution in [-0.2, 0) is 11.3 Å². The van der Waals surface area contributed by atoms with Gasteiger partial charge in [0.1, 0.15) is 0 Å². The highest BCUT2D eigenvalue weighted by Gasteiger charge is 2.23. The van der Waals surface area contributed by atoms with Gasteiger partial charge in [0.2, 0.25) is 0 Å². The molecule has 1 aliphatic heterocycles. The molecule has 2 N–H and O–H groups in total. The van der Waals surface area contributed by atoms with Gasteiger partial charge in [-0.25, -0.2) is 0 Å². The van der Waals surface area contributed by atoms with Crippen molar-refractivity contribution in [3.05, 3.63) is 16.8 Å². The lowest BCUT2D eigenvalue weighted by molar-refractivity contribution is 0.0890. The van der Waals surface area contributed by atoms with Gasteiger partial charge in [0.15, 0.2) is 5.82 Å². The van der Waals surface area contributed by atoms with Crippen LogP contribution in [0.15, 0.2) is 0 Å². The first-order chi connectivity index (χ1) is 8.67. The molecule has 0 bridgehead atoms. The van der Waals surface area contributed by atoms with E-state index in [1.54, 1.807) is 7.11 Å². The van der Waals surface area contributed by atoms with Crippen LogP contribution in [-0.4, -0.2) is 36.5 Å². The Labute approximate surface area is 108 Å². The molecule has 0 aromatic carbocycles. The minimum Gasteiger partial charge on any atom is -0.380 e. The van der Waals surface area contributed by atoms with Crippen LogP contribution >= 0.6 is 0 Å². The van der Waals surface area contributed by atoms with Gasteiger partial charge in [-0.3, -0.25) is 0 Å². The summed E-state index contributed by atoms with van der Waals surface area (Å²) in [4.78, 5) is 2.25. The van der Waals surface area contributed by atoms with E-state index in [1.165, 1.54) is 0 Å². The van der Waals surface area contributed by atoms with Crippen molar-refractivity contribution in [3.8, 4) is 0 Å². The van der Waals surface area contributed by atoms with E-state index in [2.05, 4.69) is 22.0 Å². The first kappa shape index (κ1) is 13.2. The van der Waals surface area contributed by atoms with E-state index in [0.717, 1.165) is 48.6 Å². The van der Waals surface area contributed by atoms with Gasteiger partial charge >= 0.3 is 0 Å². The second-order valence-electron chi connectivity index (χ2n) is 4.86. The summed E-state index contributed by atoms with van der Waals surface area (Å²) in [6.45, 7) is 6.42. The predicted molar refractivity (Wildman–Crippen MR) is 71.6 cm³/mol. The first-order valence-electron chi connectivity index (χ1n) is 6.48. The Balaban J connectivity index is 2.30. The number of aromatic nitrogens is 2. The molecule has 1 aromatic rings. The van der Waals surface area contributed by atoms with E-state index >= 15 is 0 Å². The van der Waals surface area contributed by atoms with Gasteiger partial charge in [-0.05, 0) is 32.3 Å². The highest BCUT2D eigenvalue weighted by molar-refractivity contribution is 5.51. The van der Waals surface area contributed by atoms with Crippen molar-refractivity contribution < 1.29 is 4.74 Å². The molecule has 0 radical (unpaired) electrons. The number of methoxy groups -OCH3 is 1. The monoisotopic (exact) mass is 250 g/mol. The molecule has 5 nitrogen and oxygen atoms in total. The third kappa shape index (κ3) is 2.47. The molecular formula is C13H22N4O. The molecule has 1 aromatic heterocycles. The SMILES string of the molecule is COC1CCCN(c2nnc(C)c(C)c2CN)C1. The Bertz CT molecular complexity index is 422.